The van der Waals surface area contributed by atoms with Crippen molar-refractivity contribution < 1.29 is 24.0 Å². The molecule has 0 fully saturated rings. The molecule has 8 heteroatoms. The molecule has 0 radical (unpaired) electrons. The third-order valence-electron chi connectivity index (χ3n) is 4.17. The Balaban J connectivity index is 1.49. The second-order valence-corrected chi connectivity index (χ2v) is 7.21. The van der Waals surface area contributed by atoms with Crippen LogP contribution < -0.4 is 9.47 Å². The number of carbonyl (C=O) groups excluding carboxylic acids is 2. The summed E-state index contributed by atoms with van der Waals surface area (Å²) in [5, 5.41) is 12.6. The number of non-ortho nitro benzene ring substituents is 1. The van der Waals surface area contributed by atoms with Crippen molar-refractivity contribution in [3.05, 3.63) is 91.9 Å². The SMILES string of the molecule is O=C(Cc1cccs1)Oc1ccc2c(c1)O/C(=C\c1ccc([N+](=O)[O-])cc1)C2=O. The highest BCUT2D eigenvalue weighted by atomic mass is 32.1. The van der Waals surface area contributed by atoms with E-state index in [1.165, 1.54) is 47.7 Å². The van der Waals surface area contributed by atoms with Gasteiger partial charge < -0.3 is 9.47 Å². The zero-order valence-electron chi connectivity index (χ0n) is 14.9. The fraction of sp³-hybridized carbons (Fsp3) is 0.0476. The molecule has 4 rings (SSSR count). The predicted molar refractivity (Wildman–Crippen MR) is 106 cm³/mol. The molecule has 0 amide bonds. The Hall–Kier alpha value is -3.78. The molecular formula is C21H13NO6S. The van der Waals surface area contributed by atoms with Crippen molar-refractivity contribution in [2.45, 2.75) is 6.42 Å². The number of hydrogen-bond donors (Lipinski definition) is 0. The first-order valence-corrected chi connectivity index (χ1v) is 9.43. The Morgan fingerprint density at radius 1 is 1.17 bits per heavy atom. The number of carbonyl (C=O) groups is 2. The third kappa shape index (κ3) is 4.07. The molecule has 0 bridgehead atoms. The number of thiophene rings is 1. The fourth-order valence-electron chi connectivity index (χ4n) is 2.80. The first-order valence-electron chi connectivity index (χ1n) is 8.55. The maximum absolute atomic E-state index is 12.5. The molecule has 0 unspecified atom stereocenters. The quantitative estimate of drug-likeness (QED) is 0.204. The van der Waals surface area contributed by atoms with E-state index in [-0.39, 0.29) is 29.4 Å². The van der Waals surface area contributed by atoms with Gasteiger partial charge in [0.05, 0.1) is 16.9 Å². The Bertz CT molecular complexity index is 1130. The largest absolute Gasteiger partial charge is 0.452 e. The predicted octanol–water partition coefficient (Wildman–Crippen LogP) is 4.42. The van der Waals surface area contributed by atoms with Crippen LogP contribution in [0.5, 0.6) is 11.5 Å². The Morgan fingerprint density at radius 2 is 1.97 bits per heavy atom. The molecule has 2 heterocycles. The number of hydrogen-bond acceptors (Lipinski definition) is 7. The van der Waals surface area contributed by atoms with E-state index in [2.05, 4.69) is 0 Å². The molecule has 3 aromatic rings. The van der Waals surface area contributed by atoms with E-state index in [9.17, 15) is 19.7 Å². The van der Waals surface area contributed by atoms with Crippen LogP contribution in [-0.4, -0.2) is 16.7 Å². The number of nitrogens with zero attached hydrogens (tertiary/aromatic N) is 1. The zero-order valence-corrected chi connectivity index (χ0v) is 15.7. The number of nitro groups is 1. The number of ketones is 1. The fourth-order valence-corrected chi connectivity index (χ4v) is 3.49. The molecule has 29 heavy (non-hydrogen) atoms. The van der Waals surface area contributed by atoms with Crippen LogP contribution in [0.2, 0.25) is 0 Å². The van der Waals surface area contributed by atoms with Crippen LogP contribution in [0, 0.1) is 10.1 Å². The number of fused-ring (bicyclic) bond motifs is 1. The third-order valence-corrected chi connectivity index (χ3v) is 5.05. The molecule has 0 saturated heterocycles. The van der Waals surface area contributed by atoms with Gasteiger partial charge in [-0.3, -0.25) is 19.7 Å². The zero-order chi connectivity index (χ0) is 20.4. The lowest BCUT2D eigenvalue weighted by atomic mass is 10.1. The molecule has 1 aromatic heterocycles. The highest BCUT2D eigenvalue weighted by Crippen LogP contribution is 2.35. The van der Waals surface area contributed by atoms with E-state index in [4.69, 9.17) is 9.47 Å². The standard InChI is InChI=1S/C21H13NO6S/c23-20(12-16-2-1-9-29-16)27-15-7-8-17-18(11-15)28-19(21(17)24)10-13-3-5-14(6-4-13)22(25)26/h1-11H,12H2/b19-10-. The van der Waals surface area contributed by atoms with Crippen molar-refractivity contribution in [2.24, 2.45) is 0 Å². The van der Waals surface area contributed by atoms with Gasteiger partial charge >= 0.3 is 5.97 Å². The average Bonchev–Trinajstić information content (AvgIpc) is 3.30. The summed E-state index contributed by atoms with van der Waals surface area (Å²) < 4.78 is 10.9. The van der Waals surface area contributed by atoms with E-state index in [1.54, 1.807) is 12.1 Å². The highest BCUT2D eigenvalue weighted by molar-refractivity contribution is 7.10. The number of esters is 1. The highest BCUT2D eigenvalue weighted by Gasteiger charge is 2.28. The summed E-state index contributed by atoms with van der Waals surface area (Å²) >= 11 is 1.47. The molecule has 1 aliphatic rings. The molecule has 2 aromatic carbocycles. The van der Waals surface area contributed by atoms with Crippen LogP contribution in [0.1, 0.15) is 20.8 Å². The number of benzene rings is 2. The van der Waals surface area contributed by atoms with E-state index in [1.807, 2.05) is 17.5 Å². The topological polar surface area (TPSA) is 95.7 Å². The minimum Gasteiger partial charge on any atom is -0.452 e. The van der Waals surface area contributed by atoms with Gasteiger partial charge in [0.2, 0.25) is 5.78 Å². The molecule has 1 aliphatic heterocycles. The van der Waals surface area contributed by atoms with Gasteiger partial charge in [0, 0.05) is 23.1 Å². The molecule has 0 spiro atoms. The van der Waals surface area contributed by atoms with Crippen molar-refractivity contribution in [2.75, 3.05) is 0 Å². The van der Waals surface area contributed by atoms with Crippen LogP contribution in [0.4, 0.5) is 5.69 Å². The van der Waals surface area contributed by atoms with Crippen LogP contribution in [0.15, 0.2) is 65.7 Å². The number of nitro benzene ring substituents is 1. The number of ether oxygens (including phenoxy) is 2. The van der Waals surface area contributed by atoms with Crippen molar-refractivity contribution in [1.29, 1.82) is 0 Å². The van der Waals surface area contributed by atoms with Crippen molar-refractivity contribution in [3.8, 4) is 11.5 Å². The monoisotopic (exact) mass is 407 g/mol. The minimum absolute atomic E-state index is 0.0388. The molecular weight excluding hydrogens is 394 g/mol. The maximum atomic E-state index is 12.5. The van der Waals surface area contributed by atoms with Gasteiger partial charge in [-0.25, -0.2) is 0 Å². The number of allylic oxidation sites excluding steroid dienone is 1. The Kier molecular flexibility index (Phi) is 4.92. The van der Waals surface area contributed by atoms with E-state index in [0.29, 0.717) is 16.9 Å². The second-order valence-electron chi connectivity index (χ2n) is 6.18. The molecule has 7 nitrogen and oxygen atoms in total. The molecule has 0 N–H and O–H groups in total. The lowest BCUT2D eigenvalue weighted by Crippen LogP contribution is -2.10. The lowest BCUT2D eigenvalue weighted by Gasteiger charge is -2.05. The first kappa shape index (κ1) is 18.6. The van der Waals surface area contributed by atoms with Gasteiger partial charge in [-0.05, 0) is 47.4 Å². The van der Waals surface area contributed by atoms with Gasteiger partial charge in [-0.15, -0.1) is 11.3 Å². The average molecular weight is 407 g/mol. The normalized spacial score (nSPS) is 13.8. The summed E-state index contributed by atoms with van der Waals surface area (Å²) in [4.78, 5) is 35.7. The molecule has 0 atom stereocenters. The van der Waals surface area contributed by atoms with E-state index < -0.39 is 10.9 Å². The smallest absolute Gasteiger partial charge is 0.316 e. The van der Waals surface area contributed by atoms with Gasteiger partial charge in [0.15, 0.2) is 5.76 Å². The summed E-state index contributed by atoms with van der Waals surface area (Å²) in [6.07, 6.45) is 1.67. The minimum atomic E-state index is -0.495. The van der Waals surface area contributed by atoms with Crippen LogP contribution >= 0.6 is 11.3 Å². The Morgan fingerprint density at radius 3 is 2.66 bits per heavy atom. The van der Waals surface area contributed by atoms with Gasteiger partial charge in [-0.2, -0.15) is 0 Å². The van der Waals surface area contributed by atoms with Crippen LogP contribution in [0.3, 0.4) is 0 Å². The molecule has 144 valence electrons. The van der Waals surface area contributed by atoms with Crippen molar-refractivity contribution in [1.82, 2.24) is 0 Å². The second kappa shape index (κ2) is 7.69. The Labute approximate surface area is 169 Å². The number of rotatable bonds is 5. The first-order chi connectivity index (χ1) is 14.0. The summed E-state index contributed by atoms with van der Waals surface area (Å²) in [6.45, 7) is 0. The summed E-state index contributed by atoms with van der Waals surface area (Å²) in [5.74, 6) is -0.0385. The van der Waals surface area contributed by atoms with E-state index >= 15 is 0 Å². The maximum Gasteiger partial charge on any atom is 0.316 e. The lowest BCUT2D eigenvalue weighted by molar-refractivity contribution is -0.384. The van der Waals surface area contributed by atoms with Gasteiger partial charge in [0.25, 0.3) is 5.69 Å². The van der Waals surface area contributed by atoms with E-state index in [0.717, 1.165) is 4.88 Å². The van der Waals surface area contributed by atoms with Crippen LogP contribution in [0.25, 0.3) is 6.08 Å². The van der Waals surface area contributed by atoms with Crippen molar-refractivity contribution in [3.63, 3.8) is 0 Å². The van der Waals surface area contributed by atoms with Gasteiger partial charge in [-0.1, -0.05) is 6.07 Å². The molecule has 0 aliphatic carbocycles. The number of Topliss-reactive ketones (excluding diaryl/α,β-unsaturated/α-hetero) is 1. The van der Waals surface area contributed by atoms with Gasteiger partial charge in [0.1, 0.15) is 11.5 Å². The summed E-state index contributed by atoms with van der Waals surface area (Å²) in [6, 6.07) is 14.1. The van der Waals surface area contributed by atoms with Crippen LogP contribution in [-0.2, 0) is 11.2 Å². The molecule has 0 saturated carbocycles. The van der Waals surface area contributed by atoms with Crippen molar-refractivity contribution >= 4 is 34.9 Å². The summed E-state index contributed by atoms with van der Waals surface area (Å²) in [5.41, 5.74) is 0.911. The summed E-state index contributed by atoms with van der Waals surface area (Å²) in [7, 11) is 0.